The number of carbonyl (C=O) groups is 2. The van der Waals surface area contributed by atoms with Crippen molar-refractivity contribution in [2.45, 2.75) is 43.7 Å². The molecule has 1 aliphatic heterocycles. The topological polar surface area (TPSA) is 87.9 Å². The highest BCUT2D eigenvalue weighted by Crippen LogP contribution is 2.32. The van der Waals surface area contributed by atoms with Crippen LogP contribution in [-0.2, 0) is 26.2 Å². The molecular weight excluding hydrogens is 476 g/mol. The van der Waals surface area contributed by atoms with E-state index in [1.54, 1.807) is 36.4 Å². The number of carbonyl (C=O) groups excluding carboxylic acids is 2. The first-order valence-electron chi connectivity index (χ1n) is 11.8. The number of amides is 2. The molecule has 0 spiro atoms. The fourth-order valence-corrected chi connectivity index (χ4v) is 6.09. The molecule has 1 unspecified atom stereocenters. The number of hydrogen-bond donors (Lipinski definition) is 0. The van der Waals surface area contributed by atoms with Gasteiger partial charge in [-0.1, -0.05) is 56.3 Å². The Morgan fingerprint density at radius 3 is 2.33 bits per heavy atom. The molecule has 8 heteroatoms. The molecule has 1 aliphatic rings. The van der Waals surface area contributed by atoms with Crippen molar-refractivity contribution in [1.82, 2.24) is 4.31 Å². The van der Waals surface area contributed by atoms with E-state index in [-0.39, 0.29) is 17.9 Å². The van der Waals surface area contributed by atoms with Crippen molar-refractivity contribution in [3.8, 4) is 0 Å². The van der Waals surface area contributed by atoms with E-state index < -0.39 is 27.9 Å². The molecule has 7 nitrogen and oxygen atoms in total. The van der Waals surface area contributed by atoms with E-state index in [0.29, 0.717) is 17.4 Å². The summed E-state index contributed by atoms with van der Waals surface area (Å²) in [5.41, 5.74) is 1.51. The van der Waals surface area contributed by atoms with Crippen molar-refractivity contribution in [3.63, 3.8) is 0 Å². The largest absolute Gasteiger partial charge is 0.468 e. The second kappa shape index (κ2) is 9.37. The van der Waals surface area contributed by atoms with Crippen LogP contribution in [0.3, 0.4) is 0 Å². The Labute approximate surface area is 210 Å². The Morgan fingerprint density at radius 2 is 1.67 bits per heavy atom. The predicted octanol–water partition coefficient (Wildman–Crippen LogP) is 5.08. The molecule has 1 saturated heterocycles. The number of rotatable bonds is 7. The lowest BCUT2D eigenvalue weighted by Gasteiger charge is -2.26. The Hall–Kier alpha value is -3.75. The number of hydrogen-bond acceptors (Lipinski definition) is 5. The minimum absolute atomic E-state index is 0.0488. The molecule has 1 fully saturated rings. The summed E-state index contributed by atoms with van der Waals surface area (Å²) in [6.07, 6.45) is 1.19. The molecule has 3 aromatic carbocycles. The van der Waals surface area contributed by atoms with E-state index in [0.717, 1.165) is 25.5 Å². The second-order valence-corrected chi connectivity index (χ2v) is 11.1. The quantitative estimate of drug-likeness (QED) is 0.329. The molecule has 0 N–H and O–H groups in total. The van der Waals surface area contributed by atoms with Gasteiger partial charge in [-0.15, -0.1) is 0 Å². The van der Waals surface area contributed by atoms with Crippen LogP contribution in [0.2, 0.25) is 0 Å². The smallest absolute Gasteiger partial charge is 0.252 e. The van der Waals surface area contributed by atoms with E-state index in [2.05, 4.69) is 13.8 Å². The van der Waals surface area contributed by atoms with Crippen molar-refractivity contribution in [2.75, 3.05) is 4.90 Å². The summed E-state index contributed by atoms with van der Waals surface area (Å²) in [5, 5.41) is 1.66. The normalized spacial score (nSPS) is 16.6. The summed E-state index contributed by atoms with van der Waals surface area (Å²) in [7, 11) is -4.16. The molecule has 1 atom stereocenters. The monoisotopic (exact) mass is 502 g/mol. The molecular formula is C28H26N2O5S. The van der Waals surface area contributed by atoms with Gasteiger partial charge in [-0.3, -0.25) is 9.59 Å². The lowest BCUT2D eigenvalue weighted by Crippen LogP contribution is -2.45. The average Bonchev–Trinajstić information content (AvgIpc) is 3.49. The standard InChI is InChI=1S/C28H26N2O5S/c1-19(2)20-9-12-23(13-10-20)30-27(31)17-26(28(30)32)29(18-24-8-5-15-35-24)36(33,34)25-14-11-21-6-3-4-7-22(21)16-25/h3-16,19,26H,17-18H2,1-2H3. The number of benzene rings is 3. The zero-order valence-corrected chi connectivity index (χ0v) is 20.8. The molecule has 0 saturated carbocycles. The zero-order chi connectivity index (χ0) is 25.4. The van der Waals surface area contributed by atoms with Crippen LogP contribution >= 0.6 is 0 Å². The second-order valence-electron chi connectivity index (χ2n) is 9.17. The molecule has 5 rings (SSSR count). The van der Waals surface area contributed by atoms with Gasteiger partial charge < -0.3 is 4.42 Å². The van der Waals surface area contributed by atoms with E-state index in [4.69, 9.17) is 4.42 Å². The third-order valence-corrected chi connectivity index (χ3v) is 8.36. The Bertz CT molecular complexity index is 1530. The summed E-state index contributed by atoms with van der Waals surface area (Å²) in [6.45, 7) is 3.94. The highest BCUT2D eigenvalue weighted by atomic mass is 32.2. The molecule has 0 aliphatic carbocycles. The predicted molar refractivity (Wildman–Crippen MR) is 137 cm³/mol. The number of imide groups is 1. The van der Waals surface area contributed by atoms with Crippen molar-refractivity contribution < 1.29 is 22.4 Å². The van der Waals surface area contributed by atoms with E-state index in [1.807, 2.05) is 36.4 Å². The van der Waals surface area contributed by atoms with Gasteiger partial charge in [-0.2, -0.15) is 4.31 Å². The summed E-state index contributed by atoms with van der Waals surface area (Å²) >= 11 is 0. The lowest BCUT2D eigenvalue weighted by atomic mass is 10.0. The molecule has 36 heavy (non-hydrogen) atoms. The van der Waals surface area contributed by atoms with Crippen molar-refractivity contribution >= 4 is 38.3 Å². The Balaban J connectivity index is 1.53. The van der Waals surface area contributed by atoms with Gasteiger partial charge in [-0.25, -0.2) is 13.3 Å². The van der Waals surface area contributed by atoms with E-state index >= 15 is 0 Å². The highest BCUT2D eigenvalue weighted by Gasteiger charge is 2.47. The molecule has 0 bridgehead atoms. The average molecular weight is 503 g/mol. The Kier molecular flexibility index (Phi) is 6.24. The van der Waals surface area contributed by atoms with Crippen LogP contribution in [0.15, 0.2) is 94.4 Å². The summed E-state index contributed by atoms with van der Waals surface area (Å²) in [6, 6.07) is 21.6. The van der Waals surface area contributed by atoms with Crippen LogP contribution < -0.4 is 4.90 Å². The number of sulfonamides is 1. The maximum absolute atomic E-state index is 13.9. The van der Waals surface area contributed by atoms with Crippen molar-refractivity contribution in [3.05, 3.63) is 96.4 Å². The van der Waals surface area contributed by atoms with Crippen LogP contribution in [0.5, 0.6) is 0 Å². The Morgan fingerprint density at radius 1 is 0.944 bits per heavy atom. The van der Waals surface area contributed by atoms with E-state index in [1.165, 1.54) is 12.3 Å². The van der Waals surface area contributed by atoms with E-state index in [9.17, 15) is 18.0 Å². The van der Waals surface area contributed by atoms with Crippen molar-refractivity contribution in [2.24, 2.45) is 0 Å². The number of furan rings is 1. The summed E-state index contributed by atoms with van der Waals surface area (Å²) < 4.78 is 34.3. The van der Waals surface area contributed by atoms with Gasteiger partial charge >= 0.3 is 0 Å². The maximum atomic E-state index is 13.9. The van der Waals surface area contributed by atoms with Crippen LogP contribution in [-0.4, -0.2) is 30.6 Å². The molecule has 2 amide bonds. The SMILES string of the molecule is CC(C)c1ccc(N2C(=O)CC(N(Cc3ccco3)S(=O)(=O)c3ccc4ccccc4c3)C2=O)cc1. The molecule has 1 aromatic heterocycles. The first kappa shape index (κ1) is 24.0. The van der Waals surface area contributed by atoms with Gasteiger partial charge in [0.15, 0.2) is 0 Å². The van der Waals surface area contributed by atoms with Gasteiger partial charge in [0.05, 0.1) is 29.8 Å². The van der Waals surface area contributed by atoms with Gasteiger partial charge in [-0.05, 0) is 58.7 Å². The number of anilines is 1. The minimum atomic E-state index is -4.16. The number of fused-ring (bicyclic) bond motifs is 1. The van der Waals surface area contributed by atoms with Gasteiger partial charge in [0, 0.05) is 0 Å². The third kappa shape index (κ3) is 4.34. The summed E-state index contributed by atoms with van der Waals surface area (Å²) in [4.78, 5) is 27.7. The first-order chi connectivity index (χ1) is 17.3. The van der Waals surface area contributed by atoms with Crippen LogP contribution in [0, 0.1) is 0 Å². The highest BCUT2D eigenvalue weighted by molar-refractivity contribution is 7.89. The summed E-state index contributed by atoms with van der Waals surface area (Å²) in [5.74, 6) is -0.347. The number of nitrogens with zero attached hydrogens (tertiary/aromatic N) is 2. The minimum Gasteiger partial charge on any atom is -0.468 e. The molecule has 0 radical (unpaired) electrons. The fraction of sp³-hybridized carbons (Fsp3) is 0.214. The molecule has 2 heterocycles. The fourth-order valence-electron chi connectivity index (χ4n) is 4.50. The lowest BCUT2D eigenvalue weighted by molar-refractivity contribution is -0.122. The van der Waals surface area contributed by atoms with Crippen molar-refractivity contribution in [1.29, 1.82) is 0 Å². The van der Waals surface area contributed by atoms with Crippen LogP contribution in [0.25, 0.3) is 10.8 Å². The van der Waals surface area contributed by atoms with Gasteiger partial charge in [0.1, 0.15) is 11.8 Å². The zero-order valence-electron chi connectivity index (χ0n) is 20.0. The molecule has 184 valence electrons. The van der Waals surface area contributed by atoms with Crippen LogP contribution in [0.4, 0.5) is 5.69 Å². The third-order valence-electron chi connectivity index (χ3n) is 6.51. The van der Waals surface area contributed by atoms with Gasteiger partial charge in [0.2, 0.25) is 15.9 Å². The van der Waals surface area contributed by atoms with Crippen LogP contribution in [0.1, 0.15) is 37.5 Å². The van der Waals surface area contributed by atoms with Gasteiger partial charge in [0.25, 0.3) is 5.91 Å². The molecule has 4 aromatic rings. The maximum Gasteiger partial charge on any atom is 0.252 e. The first-order valence-corrected chi connectivity index (χ1v) is 13.2.